The fourth-order valence-electron chi connectivity index (χ4n) is 4.12. The summed E-state index contributed by atoms with van der Waals surface area (Å²) >= 11 is 6.74. The average molecular weight is 339 g/mol. The summed E-state index contributed by atoms with van der Waals surface area (Å²) in [7, 11) is 3.31. The molecule has 0 aromatic heterocycles. The lowest BCUT2D eigenvalue weighted by Crippen LogP contribution is -2.46. The van der Waals surface area contributed by atoms with Crippen LogP contribution in [0.3, 0.4) is 0 Å². The van der Waals surface area contributed by atoms with E-state index in [0.717, 1.165) is 26.2 Å². The molecule has 1 heterocycles. The molecule has 1 N–H and O–H groups in total. The molecule has 2 aliphatic rings. The molecule has 1 aliphatic heterocycles. The number of hydrogen-bond donors (Lipinski definition) is 1. The molecule has 23 heavy (non-hydrogen) atoms. The van der Waals surface area contributed by atoms with Crippen LogP contribution < -0.4 is 14.8 Å². The van der Waals surface area contributed by atoms with E-state index in [4.69, 9.17) is 21.1 Å². The fourth-order valence-corrected chi connectivity index (χ4v) is 4.46. The van der Waals surface area contributed by atoms with Gasteiger partial charge in [0.15, 0.2) is 11.5 Å². The second kappa shape index (κ2) is 7.73. The highest BCUT2D eigenvalue weighted by atomic mass is 35.5. The SMILES string of the molecule is COc1ccc([C@@H](C2CCCC2)N2CCNCC2)c(Cl)c1OC. The summed E-state index contributed by atoms with van der Waals surface area (Å²) < 4.78 is 10.9. The first-order valence-electron chi connectivity index (χ1n) is 8.61. The largest absolute Gasteiger partial charge is 0.493 e. The smallest absolute Gasteiger partial charge is 0.179 e. The van der Waals surface area contributed by atoms with Gasteiger partial charge in [0, 0.05) is 32.2 Å². The second-order valence-corrected chi connectivity index (χ2v) is 6.86. The third-order valence-electron chi connectivity index (χ3n) is 5.22. The standard InChI is InChI=1S/C18H27ClN2O2/c1-22-15-8-7-14(16(19)18(15)23-2)17(13-5-3-4-6-13)21-11-9-20-10-12-21/h7-8,13,17,20H,3-6,9-12H2,1-2H3/t17-/m1/s1. The molecule has 0 bridgehead atoms. The van der Waals surface area contributed by atoms with E-state index in [9.17, 15) is 0 Å². The molecule has 1 aliphatic carbocycles. The molecule has 2 fully saturated rings. The molecule has 1 atom stereocenters. The minimum absolute atomic E-state index is 0.381. The van der Waals surface area contributed by atoms with E-state index in [0.29, 0.717) is 28.5 Å². The molecule has 0 radical (unpaired) electrons. The van der Waals surface area contributed by atoms with Crippen molar-refractivity contribution in [1.82, 2.24) is 10.2 Å². The van der Waals surface area contributed by atoms with E-state index in [1.807, 2.05) is 6.07 Å². The van der Waals surface area contributed by atoms with Crippen molar-refractivity contribution >= 4 is 11.6 Å². The number of ether oxygens (including phenoxy) is 2. The third-order valence-corrected chi connectivity index (χ3v) is 5.61. The Morgan fingerprint density at radius 3 is 2.43 bits per heavy atom. The Bertz CT molecular complexity index is 526. The van der Waals surface area contributed by atoms with Gasteiger partial charge in [0.2, 0.25) is 0 Å². The summed E-state index contributed by atoms with van der Waals surface area (Å²) in [5, 5.41) is 4.16. The monoisotopic (exact) mass is 338 g/mol. The van der Waals surface area contributed by atoms with Crippen molar-refractivity contribution in [1.29, 1.82) is 0 Å². The Hall–Kier alpha value is -0.970. The molecular weight excluding hydrogens is 312 g/mol. The van der Waals surface area contributed by atoms with Gasteiger partial charge >= 0.3 is 0 Å². The molecule has 0 unspecified atom stereocenters. The Kier molecular flexibility index (Phi) is 5.67. The van der Waals surface area contributed by atoms with Gasteiger partial charge in [-0.3, -0.25) is 4.90 Å². The van der Waals surface area contributed by atoms with Crippen LogP contribution in [0.4, 0.5) is 0 Å². The van der Waals surface area contributed by atoms with Crippen LogP contribution in [-0.4, -0.2) is 45.3 Å². The molecule has 3 rings (SSSR count). The van der Waals surface area contributed by atoms with E-state index in [2.05, 4.69) is 16.3 Å². The quantitative estimate of drug-likeness (QED) is 0.891. The predicted molar refractivity (Wildman–Crippen MR) is 93.7 cm³/mol. The maximum atomic E-state index is 6.74. The average Bonchev–Trinajstić information content (AvgIpc) is 3.11. The number of piperazine rings is 1. The van der Waals surface area contributed by atoms with E-state index >= 15 is 0 Å². The number of benzene rings is 1. The lowest BCUT2D eigenvalue weighted by molar-refractivity contribution is 0.125. The summed E-state index contributed by atoms with van der Waals surface area (Å²) in [6.07, 6.45) is 5.24. The zero-order valence-corrected chi connectivity index (χ0v) is 14.9. The topological polar surface area (TPSA) is 33.7 Å². The maximum Gasteiger partial charge on any atom is 0.179 e. The van der Waals surface area contributed by atoms with Crippen molar-refractivity contribution in [3.63, 3.8) is 0 Å². The lowest BCUT2D eigenvalue weighted by atomic mass is 9.89. The summed E-state index contributed by atoms with van der Waals surface area (Å²) in [4.78, 5) is 2.60. The molecule has 1 saturated heterocycles. The van der Waals surface area contributed by atoms with Crippen LogP contribution in [0.5, 0.6) is 11.5 Å². The van der Waals surface area contributed by atoms with Gasteiger partial charge in [0.05, 0.1) is 19.2 Å². The number of rotatable bonds is 5. The lowest BCUT2D eigenvalue weighted by Gasteiger charge is -2.39. The van der Waals surface area contributed by atoms with Crippen molar-refractivity contribution in [3.8, 4) is 11.5 Å². The van der Waals surface area contributed by atoms with Crippen LogP contribution in [0, 0.1) is 5.92 Å². The van der Waals surface area contributed by atoms with Gasteiger partial charge in [-0.2, -0.15) is 0 Å². The second-order valence-electron chi connectivity index (χ2n) is 6.48. The number of methoxy groups -OCH3 is 2. The molecule has 0 amide bonds. The van der Waals surface area contributed by atoms with E-state index in [-0.39, 0.29) is 0 Å². The van der Waals surface area contributed by atoms with Gasteiger partial charge < -0.3 is 14.8 Å². The summed E-state index contributed by atoms with van der Waals surface area (Å²) in [6.45, 7) is 4.25. The highest BCUT2D eigenvalue weighted by Crippen LogP contribution is 2.46. The Morgan fingerprint density at radius 1 is 1.13 bits per heavy atom. The minimum Gasteiger partial charge on any atom is -0.493 e. The molecule has 1 aromatic carbocycles. The van der Waals surface area contributed by atoms with E-state index in [1.165, 1.54) is 31.2 Å². The molecule has 1 aromatic rings. The van der Waals surface area contributed by atoms with Gasteiger partial charge in [-0.25, -0.2) is 0 Å². The zero-order chi connectivity index (χ0) is 16.2. The fraction of sp³-hybridized carbons (Fsp3) is 0.667. The van der Waals surface area contributed by atoms with Crippen molar-refractivity contribution < 1.29 is 9.47 Å². The Morgan fingerprint density at radius 2 is 1.83 bits per heavy atom. The van der Waals surface area contributed by atoms with Crippen LogP contribution >= 0.6 is 11.6 Å². The molecule has 5 heteroatoms. The third kappa shape index (κ3) is 3.44. The van der Waals surface area contributed by atoms with Crippen LogP contribution in [-0.2, 0) is 0 Å². The first-order valence-corrected chi connectivity index (χ1v) is 8.99. The number of nitrogens with zero attached hydrogens (tertiary/aromatic N) is 1. The summed E-state index contributed by atoms with van der Waals surface area (Å²) in [5.74, 6) is 2.04. The minimum atomic E-state index is 0.381. The molecule has 128 valence electrons. The summed E-state index contributed by atoms with van der Waals surface area (Å²) in [5.41, 5.74) is 1.19. The summed E-state index contributed by atoms with van der Waals surface area (Å²) in [6, 6.07) is 4.51. The first kappa shape index (κ1) is 16.9. The highest BCUT2D eigenvalue weighted by Gasteiger charge is 2.34. The normalized spacial score (nSPS) is 21.3. The number of halogens is 1. The van der Waals surface area contributed by atoms with Crippen molar-refractivity contribution in [2.45, 2.75) is 31.7 Å². The maximum absolute atomic E-state index is 6.74. The van der Waals surface area contributed by atoms with E-state index < -0.39 is 0 Å². The Balaban J connectivity index is 1.98. The molecule has 0 spiro atoms. The molecule has 1 saturated carbocycles. The zero-order valence-electron chi connectivity index (χ0n) is 14.1. The molecular formula is C18H27ClN2O2. The van der Waals surface area contributed by atoms with Crippen LogP contribution in [0.15, 0.2) is 12.1 Å². The van der Waals surface area contributed by atoms with Crippen LogP contribution in [0.1, 0.15) is 37.3 Å². The van der Waals surface area contributed by atoms with Gasteiger partial charge in [-0.05, 0) is 30.4 Å². The highest BCUT2D eigenvalue weighted by molar-refractivity contribution is 6.33. The first-order chi connectivity index (χ1) is 11.3. The van der Waals surface area contributed by atoms with Crippen molar-refractivity contribution in [3.05, 3.63) is 22.7 Å². The van der Waals surface area contributed by atoms with E-state index in [1.54, 1.807) is 14.2 Å². The van der Waals surface area contributed by atoms with Crippen molar-refractivity contribution in [2.75, 3.05) is 40.4 Å². The van der Waals surface area contributed by atoms with Gasteiger partial charge in [-0.15, -0.1) is 0 Å². The van der Waals surface area contributed by atoms with Crippen LogP contribution in [0.2, 0.25) is 5.02 Å². The van der Waals surface area contributed by atoms with Gasteiger partial charge in [-0.1, -0.05) is 30.5 Å². The number of hydrogen-bond acceptors (Lipinski definition) is 4. The van der Waals surface area contributed by atoms with Crippen LogP contribution in [0.25, 0.3) is 0 Å². The Labute approximate surface area is 144 Å². The number of nitrogens with one attached hydrogen (secondary N) is 1. The van der Waals surface area contributed by atoms with Crippen molar-refractivity contribution in [2.24, 2.45) is 5.92 Å². The van der Waals surface area contributed by atoms with Gasteiger partial charge in [0.1, 0.15) is 0 Å². The predicted octanol–water partition coefficient (Wildman–Crippen LogP) is 3.49. The molecule has 4 nitrogen and oxygen atoms in total. The van der Waals surface area contributed by atoms with Gasteiger partial charge in [0.25, 0.3) is 0 Å².